The normalized spacial score (nSPS) is 20.3. The summed E-state index contributed by atoms with van der Waals surface area (Å²) in [7, 11) is 0. The van der Waals surface area contributed by atoms with E-state index < -0.39 is 0 Å². The molecular formula is C26H40O7S2. The summed E-state index contributed by atoms with van der Waals surface area (Å²) in [5, 5.41) is 4.35. The van der Waals surface area contributed by atoms with Crippen LogP contribution in [0.5, 0.6) is 0 Å². The van der Waals surface area contributed by atoms with E-state index in [1.54, 1.807) is 0 Å². The second-order valence-corrected chi connectivity index (χ2v) is 10.0. The Balaban J connectivity index is 1.27. The SMILES string of the molecule is c1csc(-c2sccc2CCCCCOCC2COCCOCCOCCOCCOCCO2)c1. The van der Waals surface area contributed by atoms with Gasteiger partial charge >= 0.3 is 0 Å². The quantitative estimate of drug-likeness (QED) is 0.438. The van der Waals surface area contributed by atoms with E-state index >= 15 is 0 Å². The largest absolute Gasteiger partial charge is 0.379 e. The highest BCUT2D eigenvalue weighted by molar-refractivity contribution is 7.20. The van der Waals surface area contributed by atoms with E-state index in [0.717, 1.165) is 25.9 Å². The summed E-state index contributed by atoms with van der Waals surface area (Å²) in [5.41, 5.74) is 1.46. The molecule has 198 valence electrons. The first-order valence-corrected chi connectivity index (χ1v) is 14.4. The maximum atomic E-state index is 5.94. The molecule has 1 aliphatic rings. The van der Waals surface area contributed by atoms with E-state index in [0.29, 0.717) is 79.3 Å². The van der Waals surface area contributed by atoms with Gasteiger partial charge in [-0.1, -0.05) is 12.5 Å². The molecule has 1 fully saturated rings. The highest BCUT2D eigenvalue weighted by Crippen LogP contribution is 2.33. The van der Waals surface area contributed by atoms with Crippen LogP contribution in [0.2, 0.25) is 0 Å². The van der Waals surface area contributed by atoms with Gasteiger partial charge in [-0.3, -0.25) is 0 Å². The Morgan fingerprint density at radius 2 is 1.40 bits per heavy atom. The van der Waals surface area contributed by atoms with Crippen LogP contribution in [0.4, 0.5) is 0 Å². The number of rotatable bonds is 9. The van der Waals surface area contributed by atoms with Crippen molar-refractivity contribution in [2.24, 2.45) is 0 Å². The molecule has 0 saturated carbocycles. The van der Waals surface area contributed by atoms with Gasteiger partial charge < -0.3 is 33.2 Å². The van der Waals surface area contributed by atoms with Crippen molar-refractivity contribution in [2.45, 2.75) is 31.8 Å². The third-order valence-corrected chi connectivity index (χ3v) is 7.41. The summed E-state index contributed by atoms with van der Waals surface area (Å²) in [4.78, 5) is 2.80. The minimum atomic E-state index is -0.115. The fraction of sp³-hybridized carbons (Fsp3) is 0.692. The highest BCUT2D eigenvalue weighted by atomic mass is 32.1. The summed E-state index contributed by atoms with van der Waals surface area (Å²) in [6.07, 6.45) is 4.38. The predicted molar refractivity (Wildman–Crippen MR) is 140 cm³/mol. The molecule has 1 aliphatic heterocycles. The number of unbranched alkanes of at least 4 members (excludes halogenated alkanes) is 2. The van der Waals surface area contributed by atoms with E-state index in [1.165, 1.54) is 21.7 Å². The van der Waals surface area contributed by atoms with Crippen LogP contribution in [0.1, 0.15) is 24.8 Å². The van der Waals surface area contributed by atoms with Gasteiger partial charge in [0.2, 0.25) is 0 Å². The summed E-state index contributed by atoms with van der Waals surface area (Å²) in [6, 6.07) is 6.59. The van der Waals surface area contributed by atoms with Gasteiger partial charge in [0.25, 0.3) is 0 Å². The lowest BCUT2D eigenvalue weighted by atomic mass is 10.1. The van der Waals surface area contributed by atoms with Gasteiger partial charge in [-0.15, -0.1) is 22.7 Å². The van der Waals surface area contributed by atoms with E-state index in [9.17, 15) is 0 Å². The lowest BCUT2D eigenvalue weighted by molar-refractivity contribution is -0.0846. The minimum absolute atomic E-state index is 0.115. The zero-order valence-corrected chi connectivity index (χ0v) is 22.3. The van der Waals surface area contributed by atoms with Gasteiger partial charge in [-0.2, -0.15) is 0 Å². The standard InChI is InChI=1S/C26H40O7S2/c1(2-5-23-7-20-35-26(23)25-6-4-19-34-25)3-8-31-21-24-22-32-16-15-29-12-11-27-9-10-28-13-14-30-17-18-33-24/h4,6-7,19-20,24H,1-3,5,8-18,21-22H2. The van der Waals surface area contributed by atoms with E-state index in [1.807, 2.05) is 22.7 Å². The van der Waals surface area contributed by atoms with Gasteiger partial charge in [0.15, 0.2) is 0 Å². The molecule has 0 spiro atoms. The summed E-state index contributed by atoms with van der Waals surface area (Å²) in [5.74, 6) is 0. The first-order chi connectivity index (χ1) is 17.4. The lowest BCUT2D eigenvalue weighted by Crippen LogP contribution is -2.28. The van der Waals surface area contributed by atoms with Gasteiger partial charge in [0, 0.05) is 16.4 Å². The monoisotopic (exact) mass is 528 g/mol. The molecule has 0 aromatic carbocycles. The van der Waals surface area contributed by atoms with Crippen LogP contribution in [0.3, 0.4) is 0 Å². The smallest absolute Gasteiger partial charge is 0.104 e. The van der Waals surface area contributed by atoms with Crippen molar-refractivity contribution in [1.82, 2.24) is 0 Å². The van der Waals surface area contributed by atoms with Crippen molar-refractivity contribution < 1.29 is 33.2 Å². The molecular weight excluding hydrogens is 488 g/mol. The molecule has 3 heterocycles. The molecule has 3 rings (SSSR count). The Hall–Kier alpha value is -0.880. The third kappa shape index (κ3) is 12.8. The predicted octanol–water partition coefficient (Wildman–Crippen LogP) is 4.69. The molecule has 0 bridgehead atoms. The molecule has 2 aromatic rings. The van der Waals surface area contributed by atoms with Gasteiger partial charge in [-0.05, 0) is 47.7 Å². The fourth-order valence-corrected chi connectivity index (χ4v) is 5.44. The summed E-state index contributed by atoms with van der Waals surface area (Å²) >= 11 is 3.66. The number of aryl methyl sites for hydroxylation is 1. The Morgan fingerprint density at radius 1 is 0.714 bits per heavy atom. The third-order valence-electron chi connectivity index (χ3n) is 5.40. The Morgan fingerprint density at radius 3 is 2.09 bits per heavy atom. The molecule has 2 aromatic heterocycles. The molecule has 0 amide bonds. The van der Waals surface area contributed by atoms with Gasteiger partial charge in [-0.25, -0.2) is 0 Å². The number of hydrogen-bond donors (Lipinski definition) is 0. The van der Waals surface area contributed by atoms with Crippen LogP contribution in [-0.4, -0.2) is 92.0 Å². The summed E-state index contributed by atoms with van der Waals surface area (Å²) in [6.45, 7) is 7.16. The average molecular weight is 529 g/mol. The summed E-state index contributed by atoms with van der Waals surface area (Å²) < 4.78 is 39.6. The molecule has 35 heavy (non-hydrogen) atoms. The van der Waals surface area contributed by atoms with E-state index in [2.05, 4.69) is 29.0 Å². The van der Waals surface area contributed by atoms with Crippen LogP contribution in [0.25, 0.3) is 9.75 Å². The molecule has 7 nitrogen and oxygen atoms in total. The van der Waals surface area contributed by atoms with Gasteiger partial charge in [0.05, 0.1) is 79.3 Å². The van der Waals surface area contributed by atoms with Crippen molar-refractivity contribution in [2.75, 3.05) is 85.9 Å². The molecule has 9 heteroatoms. The molecule has 0 radical (unpaired) electrons. The first kappa shape index (κ1) is 28.7. The maximum absolute atomic E-state index is 5.94. The molecule has 0 N–H and O–H groups in total. The van der Waals surface area contributed by atoms with Crippen molar-refractivity contribution in [3.05, 3.63) is 34.5 Å². The average Bonchev–Trinajstić information content (AvgIpc) is 3.56. The maximum Gasteiger partial charge on any atom is 0.104 e. The second-order valence-electron chi connectivity index (χ2n) is 8.16. The van der Waals surface area contributed by atoms with Crippen molar-refractivity contribution in [3.63, 3.8) is 0 Å². The zero-order chi connectivity index (χ0) is 24.2. The first-order valence-electron chi connectivity index (χ1n) is 12.6. The van der Waals surface area contributed by atoms with Crippen molar-refractivity contribution in [3.8, 4) is 9.75 Å². The minimum Gasteiger partial charge on any atom is -0.379 e. The van der Waals surface area contributed by atoms with Crippen LogP contribution in [0, 0.1) is 0 Å². The number of thiophene rings is 2. The van der Waals surface area contributed by atoms with E-state index in [4.69, 9.17) is 33.2 Å². The fourth-order valence-electron chi connectivity index (χ4n) is 3.58. The Kier molecular flexibility index (Phi) is 15.8. The second kappa shape index (κ2) is 19.3. The van der Waals surface area contributed by atoms with Crippen LogP contribution in [0.15, 0.2) is 29.0 Å². The van der Waals surface area contributed by atoms with E-state index in [-0.39, 0.29) is 6.10 Å². The van der Waals surface area contributed by atoms with Crippen LogP contribution < -0.4 is 0 Å². The van der Waals surface area contributed by atoms with Crippen LogP contribution >= 0.6 is 22.7 Å². The number of hydrogen-bond acceptors (Lipinski definition) is 9. The number of ether oxygens (including phenoxy) is 7. The molecule has 1 saturated heterocycles. The molecule has 0 aliphatic carbocycles. The lowest BCUT2D eigenvalue weighted by Gasteiger charge is -2.19. The molecule has 1 atom stereocenters. The van der Waals surface area contributed by atoms with Crippen molar-refractivity contribution >= 4 is 22.7 Å². The van der Waals surface area contributed by atoms with Crippen LogP contribution in [-0.2, 0) is 39.6 Å². The zero-order valence-electron chi connectivity index (χ0n) is 20.7. The van der Waals surface area contributed by atoms with Gasteiger partial charge in [0.1, 0.15) is 6.10 Å². The van der Waals surface area contributed by atoms with Crippen molar-refractivity contribution in [1.29, 1.82) is 0 Å². The highest BCUT2D eigenvalue weighted by Gasteiger charge is 2.11. The molecule has 1 unspecified atom stereocenters. The topological polar surface area (TPSA) is 64.6 Å². The Labute approximate surface area is 217 Å². The Bertz CT molecular complexity index is 720.